The smallest absolute Gasteiger partial charge is 0.206 e. The summed E-state index contributed by atoms with van der Waals surface area (Å²) >= 11 is 1.35. The minimum Gasteiger partial charge on any atom is -0.359 e. The van der Waals surface area contributed by atoms with Gasteiger partial charge in [0.15, 0.2) is 14.8 Å². The van der Waals surface area contributed by atoms with Crippen LogP contribution in [0.25, 0.3) is 10.7 Å². The van der Waals surface area contributed by atoms with E-state index in [1.165, 1.54) is 17.6 Å². The molecule has 6 nitrogen and oxygen atoms in total. The summed E-state index contributed by atoms with van der Waals surface area (Å²) in [6.07, 6.45) is 2.92. The lowest BCUT2D eigenvalue weighted by molar-refractivity contribution is 0.560. The molecule has 0 aliphatic carbocycles. The molecule has 108 valence electrons. The van der Waals surface area contributed by atoms with E-state index in [0.29, 0.717) is 10.1 Å². The van der Waals surface area contributed by atoms with E-state index in [0.717, 1.165) is 5.69 Å². The predicted molar refractivity (Wildman–Crippen MR) is 80.6 cm³/mol. The van der Waals surface area contributed by atoms with Crippen LogP contribution in [0.1, 0.15) is 13.8 Å². The summed E-state index contributed by atoms with van der Waals surface area (Å²) in [6.45, 7) is 3.63. The van der Waals surface area contributed by atoms with E-state index in [1.807, 2.05) is 18.2 Å². The van der Waals surface area contributed by atoms with Crippen molar-refractivity contribution in [1.82, 2.24) is 15.2 Å². The number of hydrogen-bond donors (Lipinski definition) is 1. The quantitative estimate of drug-likeness (QED) is 0.906. The van der Waals surface area contributed by atoms with Crippen molar-refractivity contribution in [2.45, 2.75) is 18.6 Å². The monoisotopic (exact) mass is 312 g/mol. The molecule has 1 N–H and O–H groups in total. The first-order chi connectivity index (χ1) is 9.29. The van der Waals surface area contributed by atoms with Crippen LogP contribution in [0.3, 0.4) is 0 Å². The number of pyridine rings is 1. The second-order valence-corrected chi connectivity index (χ2v) is 8.64. The molecule has 2 aromatic heterocycles. The summed E-state index contributed by atoms with van der Waals surface area (Å²) in [4.78, 5) is 4.19. The molecule has 0 amide bonds. The second-order valence-electron chi connectivity index (χ2n) is 5.01. The van der Waals surface area contributed by atoms with Crippen molar-refractivity contribution in [3.05, 3.63) is 24.4 Å². The molecule has 0 saturated carbocycles. The average Bonchev–Trinajstić information content (AvgIpc) is 2.85. The van der Waals surface area contributed by atoms with Gasteiger partial charge in [0.1, 0.15) is 5.69 Å². The number of rotatable bonds is 5. The van der Waals surface area contributed by atoms with Gasteiger partial charge in [-0.15, -0.1) is 10.2 Å². The summed E-state index contributed by atoms with van der Waals surface area (Å²) in [5.74, 6) is 0. The van der Waals surface area contributed by atoms with Crippen LogP contribution in [0.15, 0.2) is 24.4 Å². The molecule has 2 heterocycles. The third kappa shape index (κ3) is 3.31. The van der Waals surface area contributed by atoms with E-state index in [1.54, 1.807) is 20.0 Å². The molecular weight excluding hydrogens is 296 g/mol. The normalized spacial score (nSPS) is 12.3. The van der Waals surface area contributed by atoms with Crippen LogP contribution < -0.4 is 5.32 Å². The zero-order valence-corrected chi connectivity index (χ0v) is 13.1. The van der Waals surface area contributed by atoms with Crippen molar-refractivity contribution in [3.63, 3.8) is 0 Å². The molecule has 20 heavy (non-hydrogen) atoms. The van der Waals surface area contributed by atoms with Gasteiger partial charge in [-0.05, 0) is 26.0 Å². The Morgan fingerprint density at radius 1 is 1.30 bits per heavy atom. The molecule has 0 saturated heterocycles. The maximum Gasteiger partial charge on any atom is 0.206 e. The van der Waals surface area contributed by atoms with Gasteiger partial charge in [0, 0.05) is 19.0 Å². The van der Waals surface area contributed by atoms with Crippen molar-refractivity contribution in [1.29, 1.82) is 0 Å². The third-order valence-corrected chi connectivity index (χ3v) is 6.03. The van der Waals surface area contributed by atoms with Gasteiger partial charge in [-0.25, -0.2) is 8.42 Å². The molecule has 0 aliphatic rings. The summed E-state index contributed by atoms with van der Waals surface area (Å²) < 4.78 is 22.4. The van der Waals surface area contributed by atoms with Crippen LogP contribution in [0, 0.1) is 0 Å². The van der Waals surface area contributed by atoms with Crippen molar-refractivity contribution >= 4 is 26.3 Å². The van der Waals surface area contributed by atoms with E-state index in [-0.39, 0.29) is 6.54 Å². The SMILES string of the molecule is CC(C)(CNc1nnc(-c2ccccn2)s1)S(C)(=O)=O. The van der Waals surface area contributed by atoms with E-state index >= 15 is 0 Å². The van der Waals surface area contributed by atoms with Gasteiger partial charge < -0.3 is 5.32 Å². The molecule has 2 rings (SSSR count). The Morgan fingerprint density at radius 3 is 2.65 bits per heavy atom. The summed E-state index contributed by atoms with van der Waals surface area (Å²) in [6, 6.07) is 5.56. The second kappa shape index (κ2) is 5.45. The van der Waals surface area contributed by atoms with Crippen molar-refractivity contribution < 1.29 is 8.42 Å². The van der Waals surface area contributed by atoms with E-state index in [9.17, 15) is 8.42 Å². The molecule has 0 atom stereocenters. The Balaban J connectivity index is 2.08. The maximum absolute atomic E-state index is 11.6. The highest BCUT2D eigenvalue weighted by molar-refractivity contribution is 7.92. The third-order valence-electron chi connectivity index (χ3n) is 2.98. The van der Waals surface area contributed by atoms with Gasteiger partial charge >= 0.3 is 0 Å². The van der Waals surface area contributed by atoms with Crippen molar-refractivity contribution in [3.8, 4) is 10.7 Å². The zero-order valence-electron chi connectivity index (χ0n) is 11.5. The molecule has 0 spiro atoms. The van der Waals surface area contributed by atoms with Crippen LogP contribution in [0.5, 0.6) is 0 Å². The lowest BCUT2D eigenvalue weighted by Gasteiger charge is -2.22. The first-order valence-electron chi connectivity index (χ1n) is 5.98. The highest BCUT2D eigenvalue weighted by Gasteiger charge is 2.30. The molecular formula is C12H16N4O2S2. The van der Waals surface area contributed by atoms with Crippen molar-refractivity contribution in [2.75, 3.05) is 18.1 Å². The lowest BCUT2D eigenvalue weighted by Crippen LogP contribution is -2.38. The molecule has 2 aromatic rings. The Labute approximate surface area is 122 Å². The summed E-state index contributed by atoms with van der Waals surface area (Å²) in [5.41, 5.74) is 0.750. The fourth-order valence-electron chi connectivity index (χ4n) is 1.31. The molecule has 0 bridgehead atoms. The van der Waals surface area contributed by atoms with Crippen LogP contribution in [-0.2, 0) is 9.84 Å². The minimum absolute atomic E-state index is 0.280. The zero-order chi connectivity index (χ0) is 14.8. The van der Waals surface area contributed by atoms with Gasteiger partial charge in [-0.3, -0.25) is 4.98 Å². The Kier molecular flexibility index (Phi) is 4.05. The topological polar surface area (TPSA) is 84.8 Å². The van der Waals surface area contributed by atoms with Crippen LogP contribution in [-0.4, -0.2) is 41.1 Å². The first kappa shape index (κ1) is 14.9. The molecule has 0 radical (unpaired) electrons. The lowest BCUT2D eigenvalue weighted by atomic mass is 10.2. The van der Waals surface area contributed by atoms with Crippen molar-refractivity contribution in [2.24, 2.45) is 0 Å². The molecule has 0 unspecified atom stereocenters. The number of anilines is 1. The number of hydrogen-bond acceptors (Lipinski definition) is 7. The Morgan fingerprint density at radius 2 is 2.05 bits per heavy atom. The van der Waals surface area contributed by atoms with Crippen LogP contribution in [0.4, 0.5) is 5.13 Å². The first-order valence-corrected chi connectivity index (χ1v) is 8.69. The Hall–Kier alpha value is -1.54. The maximum atomic E-state index is 11.6. The fraction of sp³-hybridized carbons (Fsp3) is 0.417. The van der Waals surface area contributed by atoms with Gasteiger partial charge in [-0.2, -0.15) is 0 Å². The van der Waals surface area contributed by atoms with Gasteiger partial charge in [0.25, 0.3) is 0 Å². The number of nitrogens with one attached hydrogen (secondary N) is 1. The predicted octanol–water partition coefficient (Wildman–Crippen LogP) is 1.84. The highest BCUT2D eigenvalue weighted by atomic mass is 32.2. The number of nitrogens with zero attached hydrogens (tertiary/aromatic N) is 3. The van der Waals surface area contributed by atoms with E-state index in [2.05, 4.69) is 20.5 Å². The molecule has 0 aromatic carbocycles. The van der Waals surface area contributed by atoms with Crippen LogP contribution >= 0.6 is 11.3 Å². The molecule has 8 heteroatoms. The van der Waals surface area contributed by atoms with E-state index < -0.39 is 14.6 Å². The minimum atomic E-state index is -3.14. The van der Waals surface area contributed by atoms with E-state index in [4.69, 9.17) is 0 Å². The Bertz CT molecular complexity index is 680. The fourth-order valence-corrected chi connectivity index (χ4v) is 2.36. The number of aromatic nitrogens is 3. The molecule has 0 aliphatic heterocycles. The van der Waals surface area contributed by atoms with Gasteiger partial charge in [-0.1, -0.05) is 17.4 Å². The summed E-state index contributed by atoms with van der Waals surface area (Å²) in [5, 5.41) is 12.3. The van der Waals surface area contributed by atoms with Gasteiger partial charge in [0.2, 0.25) is 5.13 Å². The summed E-state index contributed by atoms with van der Waals surface area (Å²) in [7, 11) is -3.14. The molecule has 0 fully saturated rings. The van der Waals surface area contributed by atoms with Gasteiger partial charge in [0.05, 0.1) is 4.75 Å². The standard InChI is InChI=1S/C12H16N4O2S2/c1-12(2,20(3,17)18)8-14-11-16-15-10(19-11)9-6-4-5-7-13-9/h4-7H,8H2,1-3H3,(H,14,16). The largest absolute Gasteiger partial charge is 0.359 e. The average molecular weight is 312 g/mol. The van der Waals surface area contributed by atoms with Crippen LogP contribution in [0.2, 0.25) is 0 Å². The highest BCUT2D eigenvalue weighted by Crippen LogP contribution is 2.25. The number of sulfone groups is 1.